The van der Waals surface area contributed by atoms with Crippen LogP contribution in [-0.2, 0) is 65.6 Å². The second-order valence-corrected chi connectivity index (χ2v) is 25.2. The summed E-state index contributed by atoms with van der Waals surface area (Å²) in [6.07, 6.45) is -9.19. The molecule has 4 heterocycles. The number of aromatic nitrogens is 4. The van der Waals surface area contributed by atoms with Gasteiger partial charge in [-0.2, -0.15) is 19.2 Å². The number of hydrogen-bond donors (Lipinski definition) is 14. The standard InChI is InChI=1S/C60H78N14O24P2/c1-89-55(81)37(15-7-25-65-57(63)71-97-99(85,86)93-31-41-49(77)51(79)53(95-41)73-27-23-43(61)69-59(73)83)67-45(75)17-9-29-91-39-21-19-33-11-3-5-13-35(33)47(39)48-36-14-6-4-12-34(36)20-22-40(48)92-30-10-18-46(76)68-38(56(82)90-2)16-8-26-66-58(64)72-98-100(87,88)94-32-42-50(78)52(80)54(96-42)74-28-24-44(62)70-60(74)84/h3-6,11-14,19-24,27-28,37-38,41-42,49-54,77-80H,7-10,15-18,25-26,29-32H2,1-2H3,(H,67,75)(H,68,76)(H,85,86)(H,87,88)(H2,61,69,83)(H2,62,70,84)(H3,63,65,71)(H3,64,66,72)/t37?,38?,41-,42-,49-,50-,51-,52-,53-,54-/m1/s1. The molecule has 0 saturated carbocycles. The van der Waals surface area contributed by atoms with Gasteiger partial charge in [-0.3, -0.25) is 37.8 Å². The van der Waals surface area contributed by atoms with E-state index in [2.05, 4.69) is 39.8 Å². The number of phosphoric acid groups is 2. The number of carbonyl (C=O) groups excluding carboxylic acids is 4. The lowest BCUT2D eigenvalue weighted by molar-refractivity contribution is -0.145. The molecular weight excluding hydrogens is 1360 g/mol. The quantitative estimate of drug-likeness (QED) is 0.00605. The van der Waals surface area contributed by atoms with Gasteiger partial charge in [0, 0.05) is 49.5 Å². The van der Waals surface area contributed by atoms with Crippen LogP contribution in [0.15, 0.2) is 117 Å². The first-order valence-corrected chi connectivity index (χ1v) is 34.0. The van der Waals surface area contributed by atoms with Gasteiger partial charge >= 0.3 is 39.0 Å². The average Bonchev–Trinajstić information content (AvgIpc) is 1.02. The van der Waals surface area contributed by atoms with Crippen LogP contribution < -0.4 is 65.4 Å². The molecule has 2 saturated heterocycles. The van der Waals surface area contributed by atoms with E-state index in [1.807, 2.05) is 83.8 Å². The normalized spacial score (nSPS) is 21.1. The number of amides is 2. The van der Waals surface area contributed by atoms with Gasteiger partial charge in [-0.25, -0.2) is 39.3 Å². The van der Waals surface area contributed by atoms with Crippen molar-refractivity contribution in [3.63, 3.8) is 0 Å². The number of methoxy groups -OCH3 is 2. The highest BCUT2D eigenvalue weighted by Crippen LogP contribution is 2.47. The van der Waals surface area contributed by atoms with E-state index in [1.165, 1.54) is 24.5 Å². The number of anilines is 2. The fourth-order valence-electron chi connectivity index (χ4n) is 10.5. The number of nitrogens with zero attached hydrogens (tertiary/aromatic N) is 6. The summed E-state index contributed by atoms with van der Waals surface area (Å²) in [6.45, 7) is -1.57. The van der Waals surface area contributed by atoms with Gasteiger partial charge in [-0.1, -0.05) is 60.7 Å². The molecule has 8 rings (SSSR count). The molecule has 100 heavy (non-hydrogen) atoms. The number of carbonyl (C=O) groups is 4. The summed E-state index contributed by atoms with van der Waals surface area (Å²) in [5.74, 6) is -2.63. The SMILES string of the molecule is COC(=O)C(CCCN=C(N)NOP(=O)(O)OC[C@H]1O[C@@H](n2ccc(N)nc2=O)[C@H](O)[C@@H]1O)NC(=O)CCCOc1ccc2ccccc2c1-c1c(OCCCC(=O)NC(CCCN=C(N)NOP(=O)(O)OC[C@H]2O[C@@H](n3ccc(N)nc3=O)[C@H](O)[C@@H]2O)C(=O)OC)ccc2ccccc12. The van der Waals surface area contributed by atoms with Crippen molar-refractivity contribution in [2.75, 3.05) is 65.2 Å². The highest BCUT2D eigenvalue weighted by atomic mass is 31.2. The summed E-state index contributed by atoms with van der Waals surface area (Å²) in [4.78, 5) is 112. The largest absolute Gasteiger partial charge is 0.493 e. The maximum Gasteiger partial charge on any atom is 0.493 e. The summed E-state index contributed by atoms with van der Waals surface area (Å²) in [5, 5.41) is 50.6. The maximum atomic E-state index is 13.3. The number of aliphatic imine (C=N–C) groups is 2. The lowest BCUT2D eigenvalue weighted by Gasteiger charge is -2.20. The molecule has 18 N–H and O–H groups in total. The summed E-state index contributed by atoms with van der Waals surface area (Å²) < 4.78 is 79.8. The van der Waals surface area contributed by atoms with Gasteiger partial charge in [0.15, 0.2) is 12.5 Å². The Hall–Kier alpha value is -9.24. The van der Waals surface area contributed by atoms with Crippen LogP contribution in [0.4, 0.5) is 11.6 Å². The first kappa shape index (κ1) is 76.5. The predicted octanol–water partition coefficient (Wildman–Crippen LogP) is -0.324. The van der Waals surface area contributed by atoms with Crippen LogP contribution in [0.25, 0.3) is 32.7 Å². The smallest absolute Gasteiger partial charge is 0.493 e. The van der Waals surface area contributed by atoms with Crippen LogP contribution in [0.5, 0.6) is 11.5 Å². The Morgan fingerprint density at radius 3 is 1.35 bits per heavy atom. The lowest BCUT2D eigenvalue weighted by Crippen LogP contribution is -2.41. The van der Waals surface area contributed by atoms with Crippen molar-refractivity contribution in [3.8, 4) is 22.6 Å². The van der Waals surface area contributed by atoms with Crippen LogP contribution in [0, 0.1) is 0 Å². The molecule has 6 aromatic rings. The van der Waals surface area contributed by atoms with Gasteiger partial charge in [-0.05, 0) is 84.3 Å². The number of phosphoric ester groups is 2. The number of nitrogen functional groups attached to an aromatic ring is 2. The molecule has 0 spiro atoms. The van der Waals surface area contributed by atoms with Crippen molar-refractivity contribution < 1.29 is 105 Å². The van der Waals surface area contributed by atoms with Crippen LogP contribution >= 0.6 is 15.6 Å². The Labute approximate surface area is 568 Å². The van der Waals surface area contributed by atoms with Gasteiger partial charge in [0.05, 0.1) is 40.6 Å². The molecule has 2 amide bonds. The summed E-state index contributed by atoms with van der Waals surface area (Å²) >= 11 is 0. The van der Waals surface area contributed by atoms with Crippen molar-refractivity contribution >= 4 is 84.5 Å². The highest BCUT2D eigenvalue weighted by Gasteiger charge is 2.47. The van der Waals surface area contributed by atoms with Crippen molar-refractivity contribution in [3.05, 3.63) is 118 Å². The Balaban J connectivity index is 0.783. The number of aliphatic hydroxyl groups excluding tert-OH is 4. The Kier molecular flexibility index (Phi) is 27.3. The molecule has 12 atom stereocenters. The third-order valence-electron chi connectivity index (χ3n) is 15.4. The molecule has 4 aromatic carbocycles. The number of guanidine groups is 2. The van der Waals surface area contributed by atoms with E-state index in [0.717, 1.165) is 44.9 Å². The van der Waals surface area contributed by atoms with Crippen LogP contribution in [0.1, 0.15) is 63.8 Å². The highest BCUT2D eigenvalue weighted by molar-refractivity contribution is 7.47. The number of benzene rings is 4. The molecule has 542 valence electrons. The van der Waals surface area contributed by atoms with Gasteiger partial charge in [0.1, 0.15) is 71.8 Å². The van der Waals surface area contributed by atoms with Crippen LogP contribution in [0.2, 0.25) is 0 Å². The van der Waals surface area contributed by atoms with Crippen LogP contribution in [-0.4, -0.2) is 187 Å². The van der Waals surface area contributed by atoms with Gasteiger partial charge in [0.2, 0.25) is 23.7 Å². The zero-order chi connectivity index (χ0) is 72.3. The molecule has 2 aromatic heterocycles. The van der Waals surface area contributed by atoms with E-state index in [1.54, 1.807) is 0 Å². The first-order valence-electron chi connectivity index (χ1n) is 31.0. The molecule has 0 radical (unpaired) electrons. The van der Waals surface area contributed by atoms with Crippen molar-refractivity contribution in [1.82, 2.24) is 40.7 Å². The molecule has 2 aliphatic heterocycles. The van der Waals surface area contributed by atoms with E-state index >= 15 is 0 Å². The molecule has 4 unspecified atom stereocenters. The molecule has 2 aliphatic rings. The van der Waals surface area contributed by atoms with Gasteiger partial charge < -0.3 is 92.2 Å². The Morgan fingerprint density at radius 1 is 0.580 bits per heavy atom. The summed E-state index contributed by atoms with van der Waals surface area (Å²) in [5.41, 5.74) is 26.2. The molecule has 40 heteroatoms. The van der Waals surface area contributed by atoms with Gasteiger partial charge in [0.25, 0.3) is 0 Å². The van der Waals surface area contributed by atoms with Crippen molar-refractivity contribution in [2.45, 2.75) is 113 Å². The molecule has 0 aliphatic carbocycles. The van der Waals surface area contributed by atoms with E-state index < -0.39 is 137 Å². The number of esters is 2. The fourth-order valence-corrected chi connectivity index (χ4v) is 11.7. The predicted molar refractivity (Wildman–Crippen MR) is 353 cm³/mol. The molecule has 2 fully saturated rings. The number of hydrogen-bond acceptors (Lipinski definition) is 28. The molecule has 38 nitrogen and oxygen atoms in total. The summed E-state index contributed by atoms with van der Waals surface area (Å²) in [7, 11) is -7.58. The first-order chi connectivity index (χ1) is 47.8. The minimum atomic E-state index is -4.95. The third-order valence-corrected chi connectivity index (χ3v) is 17.0. The van der Waals surface area contributed by atoms with E-state index in [0.29, 0.717) is 22.6 Å². The zero-order valence-corrected chi connectivity index (χ0v) is 55.6. The number of hydroxylamine groups is 2. The van der Waals surface area contributed by atoms with Crippen LogP contribution in [0.3, 0.4) is 0 Å². The number of aliphatic hydroxyl groups is 4. The Bertz CT molecular complexity index is 3870. The van der Waals surface area contributed by atoms with Crippen molar-refractivity contribution in [2.24, 2.45) is 21.5 Å². The van der Waals surface area contributed by atoms with E-state index in [4.69, 9.17) is 60.4 Å². The fraction of sp³-hybridized carbons (Fsp3) is 0.433. The minimum absolute atomic E-state index is 0.0405. The lowest BCUT2D eigenvalue weighted by atomic mass is 9.92. The second-order valence-electron chi connectivity index (χ2n) is 22.4. The number of rotatable bonds is 35. The molecule has 0 bridgehead atoms. The zero-order valence-electron chi connectivity index (χ0n) is 53.8. The minimum Gasteiger partial charge on any atom is -0.493 e. The number of fused-ring (bicyclic) bond motifs is 2. The van der Waals surface area contributed by atoms with Crippen molar-refractivity contribution in [1.29, 1.82) is 0 Å². The average molecular weight is 1440 g/mol. The van der Waals surface area contributed by atoms with E-state index in [9.17, 15) is 68.1 Å². The van der Waals surface area contributed by atoms with Gasteiger partial charge in [-0.15, -0.1) is 0 Å². The second kappa shape index (κ2) is 35.7. The summed E-state index contributed by atoms with van der Waals surface area (Å²) in [6, 6.07) is 23.1. The van der Waals surface area contributed by atoms with E-state index in [-0.39, 0.29) is 89.3 Å². The number of nitrogens with two attached hydrogens (primary N) is 4. The topological polar surface area (TPSA) is 563 Å². The Morgan fingerprint density at radius 2 is 0.970 bits per heavy atom. The number of nitrogens with one attached hydrogen (secondary N) is 4. The third kappa shape index (κ3) is 20.9. The maximum absolute atomic E-state index is 13.3. The molecular formula is C60H78N14O24P2. The monoisotopic (exact) mass is 1440 g/mol. The number of ether oxygens (including phenoxy) is 6.